The fourth-order valence-corrected chi connectivity index (χ4v) is 6.07. The molecule has 0 saturated heterocycles. The zero-order valence-corrected chi connectivity index (χ0v) is 26.3. The molecule has 3 aromatic carbocycles. The number of sulfonamides is 1. The van der Waals surface area contributed by atoms with Crippen LogP contribution < -0.4 is 14.4 Å². The van der Waals surface area contributed by atoms with Crippen molar-refractivity contribution in [1.29, 1.82) is 0 Å². The number of hydrogen-bond donors (Lipinski definition) is 1. The molecule has 1 N–H and O–H groups in total. The first-order valence-electron chi connectivity index (χ1n) is 13.9. The summed E-state index contributed by atoms with van der Waals surface area (Å²) >= 11 is 5.82. The van der Waals surface area contributed by atoms with E-state index >= 15 is 0 Å². The van der Waals surface area contributed by atoms with Crippen LogP contribution in [0.3, 0.4) is 0 Å². The molecule has 0 aliphatic carbocycles. The van der Waals surface area contributed by atoms with Crippen molar-refractivity contribution in [1.82, 2.24) is 10.2 Å². The quantitative estimate of drug-likeness (QED) is 0.234. The number of ether oxygens (including phenoxy) is 1. The third-order valence-electron chi connectivity index (χ3n) is 7.05. The average Bonchev–Trinajstić information content (AvgIpc) is 3.00. The minimum Gasteiger partial charge on any atom is -0.497 e. The number of nitrogens with one attached hydrogen (secondary N) is 1. The van der Waals surface area contributed by atoms with E-state index in [2.05, 4.69) is 5.32 Å². The van der Waals surface area contributed by atoms with Crippen LogP contribution in [-0.2, 0) is 32.3 Å². The van der Waals surface area contributed by atoms with Gasteiger partial charge in [0.25, 0.3) is 10.0 Å². The molecule has 0 saturated carbocycles. The highest BCUT2D eigenvalue weighted by atomic mass is 35.5. The summed E-state index contributed by atoms with van der Waals surface area (Å²) in [5.74, 6) is -0.668. The minimum absolute atomic E-state index is 0.0805. The van der Waals surface area contributed by atoms with Crippen LogP contribution in [0.4, 0.5) is 18.9 Å². The van der Waals surface area contributed by atoms with Crippen LogP contribution in [0.5, 0.6) is 5.75 Å². The second-order valence-electron chi connectivity index (χ2n) is 10.1. The number of hydrogen-bond acceptors (Lipinski definition) is 5. The van der Waals surface area contributed by atoms with Crippen LogP contribution in [-0.4, -0.2) is 50.9 Å². The molecule has 2 amide bonds. The molecule has 0 aliphatic heterocycles. The highest BCUT2D eigenvalue weighted by molar-refractivity contribution is 7.92. The predicted molar refractivity (Wildman–Crippen MR) is 163 cm³/mol. The van der Waals surface area contributed by atoms with Gasteiger partial charge in [-0.15, -0.1) is 0 Å². The van der Waals surface area contributed by atoms with Crippen molar-refractivity contribution in [3.63, 3.8) is 0 Å². The molecule has 0 heterocycles. The highest BCUT2D eigenvalue weighted by Crippen LogP contribution is 2.38. The lowest BCUT2D eigenvalue weighted by atomic mass is 10.1. The van der Waals surface area contributed by atoms with E-state index in [1.807, 2.05) is 13.8 Å². The molecule has 3 rings (SSSR count). The average molecular weight is 654 g/mol. The van der Waals surface area contributed by atoms with Gasteiger partial charge in [0.15, 0.2) is 0 Å². The van der Waals surface area contributed by atoms with Crippen molar-refractivity contribution >= 4 is 39.1 Å². The van der Waals surface area contributed by atoms with Gasteiger partial charge in [-0.05, 0) is 67.8 Å². The van der Waals surface area contributed by atoms with Gasteiger partial charge in [0.1, 0.15) is 18.3 Å². The van der Waals surface area contributed by atoms with Crippen molar-refractivity contribution < 1.29 is 35.9 Å². The Morgan fingerprint density at radius 2 is 1.61 bits per heavy atom. The Kier molecular flexibility index (Phi) is 11.7. The summed E-state index contributed by atoms with van der Waals surface area (Å²) in [5.41, 5.74) is -1.05. The molecule has 238 valence electrons. The normalized spacial score (nSPS) is 13.1. The molecule has 0 radical (unpaired) electrons. The molecule has 0 bridgehead atoms. The van der Waals surface area contributed by atoms with Crippen molar-refractivity contribution in [3.8, 4) is 5.75 Å². The molecule has 0 unspecified atom stereocenters. The zero-order valence-electron chi connectivity index (χ0n) is 24.8. The van der Waals surface area contributed by atoms with Gasteiger partial charge in [-0.2, -0.15) is 13.2 Å². The molecule has 0 fully saturated rings. The number of benzene rings is 3. The molecule has 2 atom stereocenters. The van der Waals surface area contributed by atoms with Crippen molar-refractivity contribution in [2.24, 2.45) is 0 Å². The van der Waals surface area contributed by atoms with Crippen LogP contribution in [0.1, 0.15) is 44.7 Å². The molecule has 3 aromatic rings. The van der Waals surface area contributed by atoms with Crippen LogP contribution in [0.2, 0.25) is 5.02 Å². The Morgan fingerprint density at radius 1 is 0.977 bits per heavy atom. The third kappa shape index (κ3) is 8.44. The van der Waals surface area contributed by atoms with E-state index in [1.165, 1.54) is 36.3 Å². The molecular formula is C31H35ClF3N3O5S. The lowest BCUT2D eigenvalue weighted by Crippen LogP contribution is -2.53. The lowest BCUT2D eigenvalue weighted by molar-refractivity contribution is -0.140. The third-order valence-corrected chi connectivity index (χ3v) is 9.17. The molecule has 0 aromatic heterocycles. The summed E-state index contributed by atoms with van der Waals surface area (Å²) in [4.78, 5) is 28.5. The number of halogens is 4. The number of anilines is 1. The summed E-state index contributed by atoms with van der Waals surface area (Å²) in [7, 11) is -3.06. The molecule has 8 nitrogen and oxygen atoms in total. The Morgan fingerprint density at radius 3 is 2.16 bits per heavy atom. The maximum Gasteiger partial charge on any atom is 0.417 e. The topological polar surface area (TPSA) is 96.0 Å². The first-order valence-corrected chi connectivity index (χ1v) is 15.7. The molecule has 0 spiro atoms. The van der Waals surface area contributed by atoms with Crippen LogP contribution in [0.25, 0.3) is 0 Å². The van der Waals surface area contributed by atoms with Gasteiger partial charge in [0, 0.05) is 12.6 Å². The number of amides is 2. The number of carbonyl (C=O) groups is 2. The number of nitrogens with zero attached hydrogens (tertiary/aromatic N) is 2. The van der Waals surface area contributed by atoms with E-state index in [0.717, 1.165) is 12.1 Å². The summed E-state index contributed by atoms with van der Waals surface area (Å²) < 4.78 is 74.9. The predicted octanol–water partition coefficient (Wildman–Crippen LogP) is 6.28. The minimum atomic E-state index is -4.89. The van der Waals surface area contributed by atoms with E-state index in [0.29, 0.717) is 28.1 Å². The Hall–Kier alpha value is -3.77. The Bertz CT molecular complexity index is 1540. The van der Waals surface area contributed by atoms with Crippen molar-refractivity contribution in [2.75, 3.05) is 18.0 Å². The van der Waals surface area contributed by atoms with E-state index in [4.69, 9.17) is 16.3 Å². The zero-order chi connectivity index (χ0) is 32.7. The monoisotopic (exact) mass is 653 g/mol. The lowest BCUT2D eigenvalue weighted by Gasteiger charge is -2.34. The van der Waals surface area contributed by atoms with Crippen LogP contribution >= 0.6 is 11.6 Å². The van der Waals surface area contributed by atoms with Gasteiger partial charge >= 0.3 is 6.18 Å². The first kappa shape index (κ1) is 34.7. The summed E-state index contributed by atoms with van der Waals surface area (Å²) in [6.45, 7) is 4.44. The standard InChI is InChI=1S/C31H35ClF3N3O5S/c1-5-21(3)36-30(40)28(6-2)37(19-22-12-15-24(43-4)16-13-22)29(39)20-38(44(41,42)25-10-8-7-9-11-25)23-14-17-27(32)26(18-23)31(33,34)35/h7-18,21,28H,5-6,19-20H2,1-4H3,(H,36,40)/t21-,28-/m0/s1. The molecular weight excluding hydrogens is 619 g/mol. The number of rotatable bonds is 13. The van der Waals surface area contributed by atoms with Gasteiger partial charge in [0.2, 0.25) is 11.8 Å². The fraction of sp³-hybridized carbons (Fsp3) is 0.355. The Balaban J connectivity index is 2.13. The second kappa shape index (κ2) is 14.8. The Labute approximate surface area is 260 Å². The summed E-state index contributed by atoms with van der Waals surface area (Å²) in [6, 6.07) is 15.2. The van der Waals surface area contributed by atoms with Gasteiger partial charge in [0.05, 0.1) is 28.3 Å². The molecule has 0 aliphatic rings. The molecule has 13 heteroatoms. The number of carbonyl (C=O) groups excluding carboxylic acids is 2. The number of alkyl halides is 3. The van der Waals surface area contributed by atoms with E-state index < -0.39 is 56.9 Å². The van der Waals surface area contributed by atoms with E-state index in [9.17, 15) is 31.2 Å². The highest BCUT2D eigenvalue weighted by Gasteiger charge is 2.37. The summed E-state index contributed by atoms with van der Waals surface area (Å²) in [5, 5.41) is 2.24. The number of methoxy groups -OCH3 is 1. The van der Waals surface area contributed by atoms with Gasteiger partial charge in [-0.25, -0.2) is 8.42 Å². The van der Waals surface area contributed by atoms with Crippen molar-refractivity contribution in [2.45, 2.75) is 63.3 Å². The largest absolute Gasteiger partial charge is 0.497 e. The SMILES string of the molecule is CC[C@H](C)NC(=O)[C@H](CC)N(Cc1ccc(OC)cc1)C(=O)CN(c1ccc(Cl)c(C(F)(F)F)c1)S(=O)(=O)c1ccccc1. The van der Waals surface area contributed by atoms with E-state index in [1.54, 1.807) is 37.3 Å². The molecule has 44 heavy (non-hydrogen) atoms. The van der Waals surface area contributed by atoms with Crippen LogP contribution in [0, 0.1) is 0 Å². The van der Waals surface area contributed by atoms with E-state index in [-0.39, 0.29) is 23.9 Å². The smallest absolute Gasteiger partial charge is 0.417 e. The maximum atomic E-state index is 14.1. The van der Waals surface area contributed by atoms with Gasteiger partial charge in [-0.1, -0.05) is 55.8 Å². The van der Waals surface area contributed by atoms with Gasteiger partial charge < -0.3 is 15.0 Å². The van der Waals surface area contributed by atoms with Gasteiger partial charge in [-0.3, -0.25) is 13.9 Å². The summed E-state index contributed by atoms with van der Waals surface area (Å²) in [6.07, 6.45) is -4.06. The van der Waals surface area contributed by atoms with Crippen LogP contribution in [0.15, 0.2) is 77.7 Å². The first-order chi connectivity index (χ1) is 20.7. The second-order valence-corrected chi connectivity index (χ2v) is 12.4. The van der Waals surface area contributed by atoms with Crippen molar-refractivity contribution in [3.05, 3.63) is 88.9 Å². The maximum absolute atomic E-state index is 14.1. The fourth-order valence-electron chi connectivity index (χ4n) is 4.42.